The Morgan fingerprint density at radius 3 is 2.89 bits per heavy atom. The maximum atomic E-state index is 5.66. The van der Waals surface area contributed by atoms with E-state index < -0.39 is 0 Å². The summed E-state index contributed by atoms with van der Waals surface area (Å²) in [6.07, 6.45) is 4.53. The second-order valence-corrected chi connectivity index (χ2v) is 5.66. The van der Waals surface area contributed by atoms with Crippen LogP contribution in [0.25, 0.3) is 0 Å². The average Bonchev–Trinajstić information content (AvgIpc) is 2.88. The monoisotopic (exact) mass is 277 g/mol. The van der Waals surface area contributed by atoms with Crippen LogP contribution in [0.4, 0.5) is 0 Å². The molecule has 0 aliphatic carbocycles. The summed E-state index contributed by atoms with van der Waals surface area (Å²) in [6.45, 7) is 3.99. The first-order valence-corrected chi connectivity index (χ1v) is 7.17. The number of pyridine rings is 1. The van der Waals surface area contributed by atoms with E-state index in [2.05, 4.69) is 21.9 Å². The van der Waals surface area contributed by atoms with Gasteiger partial charge in [-0.2, -0.15) is 0 Å². The Morgan fingerprint density at radius 1 is 1.42 bits per heavy atom. The number of ether oxygens (including phenoxy) is 1. The zero-order valence-electron chi connectivity index (χ0n) is 11.2. The molecule has 0 fully saturated rings. The molecule has 3 N–H and O–H groups in total. The van der Waals surface area contributed by atoms with E-state index in [0.29, 0.717) is 0 Å². The Morgan fingerprint density at radius 2 is 2.26 bits per heavy atom. The molecule has 5 heteroatoms. The lowest BCUT2D eigenvalue weighted by molar-refractivity contribution is 0.241. The summed E-state index contributed by atoms with van der Waals surface area (Å²) in [6, 6.07) is 6.19. The van der Waals surface area contributed by atoms with E-state index >= 15 is 0 Å². The van der Waals surface area contributed by atoms with Gasteiger partial charge in [-0.15, -0.1) is 11.3 Å². The molecular formula is C14H19N3OS. The second-order valence-electron chi connectivity index (χ2n) is 4.62. The molecule has 2 aromatic heterocycles. The number of thiophene rings is 1. The number of aromatic nitrogens is 1. The molecule has 2 aromatic rings. The van der Waals surface area contributed by atoms with E-state index in [0.717, 1.165) is 17.7 Å². The predicted octanol–water partition coefficient (Wildman–Crippen LogP) is 2.68. The summed E-state index contributed by atoms with van der Waals surface area (Å²) in [5, 5.41) is 2.07. The quantitative estimate of drug-likeness (QED) is 0.629. The van der Waals surface area contributed by atoms with Crippen LogP contribution in [0.15, 0.2) is 36.0 Å². The molecule has 0 aromatic carbocycles. The number of hydrazine groups is 1. The lowest BCUT2D eigenvalue weighted by Crippen LogP contribution is -2.29. The van der Waals surface area contributed by atoms with Crippen LogP contribution in [0.2, 0.25) is 0 Å². The number of rotatable bonds is 6. The van der Waals surface area contributed by atoms with Crippen molar-refractivity contribution in [3.8, 4) is 5.75 Å². The molecule has 2 heterocycles. The first-order valence-electron chi connectivity index (χ1n) is 6.29. The van der Waals surface area contributed by atoms with Crippen molar-refractivity contribution >= 4 is 11.3 Å². The minimum Gasteiger partial charge on any atom is -0.489 e. The number of nitrogens with two attached hydrogens (primary N) is 1. The van der Waals surface area contributed by atoms with Gasteiger partial charge >= 0.3 is 0 Å². The third-order valence-electron chi connectivity index (χ3n) is 2.70. The van der Waals surface area contributed by atoms with Gasteiger partial charge in [0, 0.05) is 17.5 Å². The topological polar surface area (TPSA) is 60.2 Å². The first kappa shape index (κ1) is 14.0. The van der Waals surface area contributed by atoms with E-state index in [1.54, 1.807) is 17.5 Å². The minimum atomic E-state index is 0.0434. The molecule has 0 saturated heterocycles. The Balaban J connectivity index is 2.13. The fourth-order valence-corrected chi connectivity index (χ4v) is 2.62. The first-order chi connectivity index (χ1) is 9.19. The maximum Gasteiger partial charge on any atom is 0.138 e. The van der Waals surface area contributed by atoms with Gasteiger partial charge in [-0.25, -0.2) is 0 Å². The zero-order valence-corrected chi connectivity index (χ0v) is 12.0. The van der Waals surface area contributed by atoms with Gasteiger partial charge in [-0.1, -0.05) is 6.07 Å². The predicted molar refractivity (Wildman–Crippen MR) is 78.1 cm³/mol. The largest absolute Gasteiger partial charge is 0.489 e. The van der Waals surface area contributed by atoms with Crippen molar-refractivity contribution in [1.29, 1.82) is 0 Å². The highest BCUT2D eigenvalue weighted by atomic mass is 32.1. The van der Waals surface area contributed by atoms with Crippen LogP contribution in [-0.4, -0.2) is 11.1 Å². The lowest BCUT2D eigenvalue weighted by atomic mass is 10.1. The number of nitrogens with zero attached hydrogens (tertiary/aromatic N) is 1. The number of hydrogen-bond acceptors (Lipinski definition) is 5. The molecule has 102 valence electrons. The Hall–Kier alpha value is -1.43. The standard InChI is InChI=1S/C14H19N3OS/c1-10(2)18-12-6-11(8-16-9-12)14(17-15)7-13-4-3-5-19-13/h3-6,8-10,14,17H,7,15H2,1-2H3. The van der Waals surface area contributed by atoms with Crippen LogP contribution in [0.1, 0.15) is 30.3 Å². The van der Waals surface area contributed by atoms with Crippen LogP contribution in [0, 0.1) is 0 Å². The Labute approximate surface area is 117 Å². The summed E-state index contributed by atoms with van der Waals surface area (Å²) in [7, 11) is 0. The molecule has 0 bridgehead atoms. The molecule has 0 saturated carbocycles. The van der Waals surface area contributed by atoms with Gasteiger partial charge in [-0.05, 0) is 36.9 Å². The highest BCUT2D eigenvalue weighted by Crippen LogP contribution is 2.23. The highest BCUT2D eigenvalue weighted by molar-refractivity contribution is 7.09. The molecule has 0 spiro atoms. The van der Waals surface area contributed by atoms with Crippen LogP contribution in [0.3, 0.4) is 0 Å². The minimum absolute atomic E-state index is 0.0434. The van der Waals surface area contributed by atoms with Crippen molar-refractivity contribution in [2.24, 2.45) is 5.84 Å². The SMILES string of the molecule is CC(C)Oc1cncc(C(Cc2cccs2)NN)c1. The number of nitrogens with one attached hydrogen (secondary N) is 1. The van der Waals surface area contributed by atoms with Gasteiger partial charge in [0.05, 0.1) is 18.3 Å². The molecule has 0 aliphatic heterocycles. The smallest absolute Gasteiger partial charge is 0.138 e. The molecule has 2 rings (SSSR count). The van der Waals surface area contributed by atoms with Gasteiger partial charge in [0.1, 0.15) is 5.75 Å². The van der Waals surface area contributed by atoms with E-state index in [1.165, 1.54) is 4.88 Å². The average molecular weight is 277 g/mol. The summed E-state index contributed by atoms with van der Waals surface area (Å²) in [4.78, 5) is 5.51. The van der Waals surface area contributed by atoms with Crippen LogP contribution in [-0.2, 0) is 6.42 Å². The third-order valence-corrected chi connectivity index (χ3v) is 3.59. The Bertz CT molecular complexity index is 499. The van der Waals surface area contributed by atoms with E-state index in [1.807, 2.05) is 32.2 Å². The van der Waals surface area contributed by atoms with Crippen LogP contribution >= 0.6 is 11.3 Å². The molecule has 4 nitrogen and oxygen atoms in total. The Kier molecular flexibility index (Phi) is 4.90. The molecule has 19 heavy (non-hydrogen) atoms. The zero-order chi connectivity index (χ0) is 13.7. The molecule has 0 amide bonds. The normalized spacial score (nSPS) is 12.6. The van der Waals surface area contributed by atoms with Crippen molar-refractivity contribution in [2.45, 2.75) is 32.4 Å². The van der Waals surface area contributed by atoms with Gasteiger partial charge in [0.15, 0.2) is 0 Å². The fraction of sp³-hybridized carbons (Fsp3) is 0.357. The van der Waals surface area contributed by atoms with Crippen LogP contribution < -0.4 is 16.0 Å². The van der Waals surface area contributed by atoms with Crippen LogP contribution in [0.5, 0.6) is 5.75 Å². The molecular weight excluding hydrogens is 258 g/mol. The maximum absolute atomic E-state index is 5.66. The number of hydrogen-bond donors (Lipinski definition) is 2. The van der Waals surface area contributed by atoms with Gasteiger partial charge in [0.2, 0.25) is 0 Å². The van der Waals surface area contributed by atoms with Crippen molar-refractivity contribution in [2.75, 3.05) is 0 Å². The van der Waals surface area contributed by atoms with Crippen molar-refractivity contribution in [1.82, 2.24) is 10.4 Å². The summed E-state index contributed by atoms with van der Waals surface area (Å²) < 4.78 is 5.66. The lowest BCUT2D eigenvalue weighted by Gasteiger charge is -2.17. The molecule has 0 radical (unpaired) electrons. The highest BCUT2D eigenvalue weighted by Gasteiger charge is 2.13. The van der Waals surface area contributed by atoms with E-state index in [9.17, 15) is 0 Å². The summed E-state index contributed by atoms with van der Waals surface area (Å²) in [5.41, 5.74) is 3.88. The summed E-state index contributed by atoms with van der Waals surface area (Å²) in [5.74, 6) is 6.44. The molecule has 1 unspecified atom stereocenters. The fourth-order valence-electron chi connectivity index (χ4n) is 1.87. The van der Waals surface area contributed by atoms with Crippen molar-refractivity contribution < 1.29 is 4.74 Å². The van der Waals surface area contributed by atoms with Gasteiger partial charge in [0.25, 0.3) is 0 Å². The van der Waals surface area contributed by atoms with Crippen molar-refractivity contribution in [3.63, 3.8) is 0 Å². The van der Waals surface area contributed by atoms with E-state index in [-0.39, 0.29) is 12.1 Å². The van der Waals surface area contributed by atoms with Gasteiger partial charge < -0.3 is 4.74 Å². The summed E-state index contributed by atoms with van der Waals surface area (Å²) >= 11 is 1.73. The second kappa shape index (κ2) is 6.65. The molecule has 1 atom stereocenters. The van der Waals surface area contributed by atoms with Crippen molar-refractivity contribution in [3.05, 3.63) is 46.4 Å². The van der Waals surface area contributed by atoms with Gasteiger partial charge in [-0.3, -0.25) is 16.3 Å². The third kappa shape index (κ3) is 4.02. The van der Waals surface area contributed by atoms with E-state index in [4.69, 9.17) is 10.6 Å². The molecule has 0 aliphatic rings.